The molecule has 0 saturated heterocycles. The maximum Gasteiger partial charge on any atom is 0.376 e. The normalized spacial score (nSPS) is 10.5. The van der Waals surface area contributed by atoms with Gasteiger partial charge in [0.25, 0.3) is 0 Å². The summed E-state index contributed by atoms with van der Waals surface area (Å²) in [5, 5.41) is 4.09. The van der Waals surface area contributed by atoms with Crippen molar-refractivity contribution in [3.8, 4) is 0 Å². The van der Waals surface area contributed by atoms with E-state index < -0.39 is 5.97 Å². The number of rotatable bonds is 4. The van der Waals surface area contributed by atoms with Crippen LogP contribution in [-0.2, 0) is 4.74 Å². The first-order valence-corrected chi connectivity index (χ1v) is 6.80. The van der Waals surface area contributed by atoms with Crippen molar-refractivity contribution in [3.63, 3.8) is 0 Å². The van der Waals surface area contributed by atoms with Gasteiger partial charge in [-0.1, -0.05) is 30.3 Å². The van der Waals surface area contributed by atoms with Gasteiger partial charge in [-0.05, 0) is 31.2 Å². The van der Waals surface area contributed by atoms with E-state index in [1.165, 1.54) is 0 Å². The van der Waals surface area contributed by atoms with Gasteiger partial charge in [-0.2, -0.15) is 0 Å². The van der Waals surface area contributed by atoms with Gasteiger partial charge >= 0.3 is 5.97 Å². The summed E-state index contributed by atoms with van der Waals surface area (Å²) in [5.74, 6) is -0.269. The van der Waals surface area contributed by atoms with E-state index in [4.69, 9.17) is 9.15 Å². The predicted molar refractivity (Wildman–Crippen MR) is 81.9 cm³/mol. The molecule has 0 saturated carbocycles. The first kappa shape index (κ1) is 13.2. The minimum Gasteiger partial charge on any atom is -0.460 e. The third-order valence-electron chi connectivity index (χ3n) is 3.10. The smallest absolute Gasteiger partial charge is 0.376 e. The minimum atomic E-state index is -0.466. The molecule has 106 valence electrons. The molecule has 4 nitrogen and oxygen atoms in total. The highest BCUT2D eigenvalue weighted by Gasteiger charge is 2.21. The number of nitrogens with one attached hydrogen (secondary N) is 1. The Bertz CT molecular complexity index is 762. The first-order valence-electron chi connectivity index (χ1n) is 6.80. The average molecular weight is 281 g/mol. The van der Waals surface area contributed by atoms with Crippen molar-refractivity contribution < 1.29 is 13.9 Å². The fourth-order valence-electron chi connectivity index (χ4n) is 2.18. The maximum absolute atomic E-state index is 12.1. The highest BCUT2D eigenvalue weighted by Crippen LogP contribution is 2.33. The summed E-state index contributed by atoms with van der Waals surface area (Å²) in [6.07, 6.45) is 0. The fraction of sp³-hybridized carbons (Fsp3) is 0.118. The van der Waals surface area contributed by atoms with Crippen LogP contribution in [-0.4, -0.2) is 12.6 Å². The summed E-state index contributed by atoms with van der Waals surface area (Å²) in [4.78, 5) is 12.1. The molecule has 21 heavy (non-hydrogen) atoms. The monoisotopic (exact) mass is 281 g/mol. The number of carbonyl (C=O) groups is 1. The van der Waals surface area contributed by atoms with E-state index in [2.05, 4.69) is 5.32 Å². The van der Waals surface area contributed by atoms with Crippen molar-refractivity contribution in [3.05, 3.63) is 60.4 Å². The van der Waals surface area contributed by atoms with Crippen LogP contribution in [0.4, 0.5) is 11.4 Å². The van der Waals surface area contributed by atoms with E-state index in [9.17, 15) is 4.79 Å². The van der Waals surface area contributed by atoms with Gasteiger partial charge < -0.3 is 14.5 Å². The number of esters is 1. The Hall–Kier alpha value is -2.75. The van der Waals surface area contributed by atoms with E-state index in [1.54, 1.807) is 6.92 Å². The van der Waals surface area contributed by atoms with Gasteiger partial charge in [-0.3, -0.25) is 0 Å². The zero-order valence-corrected chi connectivity index (χ0v) is 11.6. The average Bonchev–Trinajstić information content (AvgIpc) is 2.88. The SMILES string of the molecule is CCOC(=O)c1oc2ccccc2c1Nc1ccccc1. The van der Waals surface area contributed by atoms with Crippen LogP contribution in [0.2, 0.25) is 0 Å². The number of furan rings is 1. The number of fused-ring (bicyclic) bond motifs is 1. The van der Waals surface area contributed by atoms with Gasteiger partial charge in [0.05, 0.1) is 6.61 Å². The summed E-state index contributed by atoms with van der Waals surface area (Å²) in [6.45, 7) is 2.07. The molecule has 3 aromatic rings. The van der Waals surface area contributed by atoms with Crippen LogP contribution in [0.1, 0.15) is 17.5 Å². The van der Waals surface area contributed by atoms with Crippen molar-refractivity contribution >= 4 is 28.3 Å². The summed E-state index contributed by atoms with van der Waals surface area (Å²) in [5.41, 5.74) is 2.17. The zero-order chi connectivity index (χ0) is 14.7. The quantitative estimate of drug-likeness (QED) is 0.722. The van der Waals surface area contributed by atoms with Crippen LogP contribution in [0.25, 0.3) is 11.0 Å². The number of para-hydroxylation sites is 2. The van der Waals surface area contributed by atoms with Crippen molar-refractivity contribution in [2.75, 3.05) is 11.9 Å². The number of ether oxygens (including phenoxy) is 1. The molecule has 0 aliphatic rings. The van der Waals surface area contributed by atoms with Crippen LogP contribution in [0.5, 0.6) is 0 Å². The molecule has 0 bridgehead atoms. The van der Waals surface area contributed by atoms with E-state index in [0.717, 1.165) is 11.1 Å². The molecular formula is C17H15NO3. The van der Waals surface area contributed by atoms with Gasteiger partial charge in [0.2, 0.25) is 5.76 Å². The van der Waals surface area contributed by atoms with Gasteiger partial charge in [-0.25, -0.2) is 4.79 Å². The van der Waals surface area contributed by atoms with Gasteiger partial charge in [0, 0.05) is 11.1 Å². The molecular weight excluding hydrogens is 266 g/mol. The molecule has 0 unspecified atom stereocenters. The van der Waals surface area contributed by atoms with Gasteiger partial charge in [0.15, 0.2) is 0 Å². The lowest BCUT2D eigenvalue weighted by Gasteiger charge is -2.06. The Morgan fingerprint density at radius 2 is 1.81 bits per heavy atom. The zero-order valence-electron chi connectivity index (χ0n) is 11.6. The molecule has 0 radical (unpaired) electrons. The molecule has 1 heterocycles. The molecule has 0 spiro atoms. The van der Waals surface area contributed by atoms with Crippen LogP contribution in [0.15, 0.2) is 59.0 Å². The van der Waals surface area contributed by atoms with Crippen LogP contribution in [0.3, 0.4) is 0 Å². The topological polar surface area (TPSA) is 51.5 Å². The molecule has 3 rings (SSSR count). The Labute approximate surface area is 122 Å². The summed E-state index contributed by atoms with van der Waals surface area (Å²) >= 11 is 0. The lowest BCUT2D eigenvalue weighted by atomic mass is 10.2. The number of benzene rings is 2. The van der Waals surface area contributed by atoms with E-state index in [1.807, 2.05) is 54.6 Å². The van der Waals surface area contributed by atoms with E-state index in [-0.39, 0.29) is 5.76 Å². The Kier molecular flexibility index (Phi) is 3.60. The predicted octanol–water partition coefficient (Wildman–Crippen LogP) is 4.35. The second-order valence-corrected chi connectivity index (χ2v) is 4.51. The first-order chi connectivity index (χ1) is 10.3. The van der Waals surface area contributed by atoms with Crippen LogP contribution < -0.4 is 5.32 Å². The van der Waals surface area contributed by atoms with Crippen molar-refractivity contribution in [2.24, 2.45) is 0 Å². The number of hydrogen-bond acceptors (Lipinski definition) is 4. The molecule has 4 heteroatoms. The standard InChI is InChI=1S/C17H15NO3/c1-2-20-17(19)16-15(18-12-8-4-3-5-9-12)13-10-6-7-11-14(13)21-16/h3-11,18H,2H2,1H3. The Morgan fingerprint density at radius 3 is 2.57 bits per heavy atom. The lowest BCUT2D eigenvalue weighted by Crippen LogP contribution is -2.06. The Balaban J connectivity index is 2.09. The largest absolute Gasteiger partial charge is 0.460 e. The summed E-state index contributed by atoms with van der Waals surface area (Å²) < 4.78 is 10.7. The second kappa shape index (κ2) is 5.71. The van der Waals surface area contributed by atoms with E-state index >= 15 is 0 Å². The fourth-order valence-corrected chi connectivity index (χ4v) is 2.18. The van der Waals surface area contributed by atoms with Crippen molar-refractivity contribution in [2.45, 2.75) is 6.92 Å². The van der Waals surface area contributed by atoms with Gasteiger partial charge in [-0.15, -0.1) is 0 Å². The molecule has 0 fully saturated rings. The van der Waals surface area contributed by atoms with Crippen LogP contribution in [0, 0.1) is 0 Å². The third kappa shape index (κ3) is 2.60. The number of carbonyl (C=O) groups excluding carboxylic acids is 1. The second-order valence-electron chi connectivity index (χ2n) is 4.51. The highest BCUT2D eigenvalue weighted by molar-refractivity contribution is 6.05. The number of anilines is 2. The molecule has 0 atom stereocenters. The molecule has 2 aromatic carbocycles. The lowest BCUT2D eigenvalue weighted by molar-refractivity contribution is 0.0494. The van der Waals surface area contributed by atoms with Crippen molar-refractivity contribution in [1.29, 1.82) is 0 Å². The van der Waals surface area contributed by atoms with Gasteiger partial charge in [0.1, 0.15) is 11.3 Å². The minimum absolute atomic E-state index is 0.196. The summed E-state index contributed by atoms with van der Waals surface area (Å²) in [7, 11) is 0. The van der Waals surface area contributed by atoms with E-state index in [0.29, 0.717) is 17.9 Å². The highest BCUT2D eigenvalue weighted by atomic mass is 16.5. The van der Waals surface area contributed by atoms with Crippen LogP contribution >= 0.6 is 0 Å². The third-order valence-corrected chi connectivity index (χ3v) is 3.10. The molecule has 1 aromatic heterocycles. The number of hydrogen-bond donors (Lipinski definition) is 1. The summed E-state index contributed by atoms with van der Waals surface area (Å²) in [6, 6.07) is 17.2. The molecule has 0 aliphatic heterocycles. The van der Waals surface area contributed by atoms with Crippen molar-refractivity contribution in [1.82, 2.24) is 0 Å². The molecule has 0 aliphatic carbocycles. The maximum atomic E-state index is 12.1. The molecule has 1 N–H and O–H groups in total. The Morgan fingerprint density at radius 1 is 1.10 bits per heavy atom. The molecule has 0 amide bonds.